The second-order valence-electron chi connectivity index (χ2n) is 3.93. The van der Waals surface area contributed by atoms with Crippen molar-refractivity contribution in [2.45, 2.75) is 19.8 Å². The van der Waals surface area contributed by atoms with E-state index in [4.69, 9.17) is 11.6 Å². The molecule has 18 heavy (non-hydrogen) atoms. The Morgan fingerprint density at radius 3 is 2.94 bits per heavy atom. The van der Waals surface area contributed by atoms with Gasteiger partial charge in [0.05, 0.1) is 11.3 Å². The van der Waals surface area contributed by atoms with Gasteiger partial charge >= 0.3 is 5.97 Å². The van der Waals surface area contributed by atoms with Crippen LogP contribution in [0, 0.1) is 0 Å². The Balaban J connectivity index is 2.58. The summed E-state index contributed by atoms with van der Waals surface area (Å²) in [5.74, 6) is -0.139. The number of carboxylic acid groups (broad SMARTS) is 1. The van der Waals surface area contributed by atoms with Gasteiger partial charge in [-0.05, 0) is 24.6 Å². The quantitative estimate of drug-likeness (QED) is 0.923. The molecule has 0 amide bonds. The normalized spacial score (nSPS) is 10.6. The van der Waals surface area contributed by atoms with Crippen LogP contribution in [0.25, 0.3) is 5.69 Å². The molecule has 2 rings (SSSR count). The maximum absolute atomic E-state index is 11.2. The number of benzene rings is 1. The van der Waals surface area contributed by atoms with Crippen molar-refractivity contribution in [1.29, 1.82) is 0 Å². The van der Waals surface area contributed by atoms with Gasteiger partial charge in [0, 0.05) is 23.8 Å². The van der Waals surface area contributed by atoms with E-state index in [0.717, 1.165) is 18.7 Å². The van der Waals surface area contributed by atoms with Crippen molar-refractivity contribution in [1.82, 2.24) is 9.55 Å². The van der Waals surface area contributed by atoms with Crippen LogP contribution in [0.3, 0.4) is 0 Å². The van der Waals surface area contributed by atoms with Crippen molar-refractivity contribution in [2.24, 2.45) is 0 Å². The van der Waals surface area contributed by atoms with Crippen LogP contribution in [0.4, 0.5) is 0 Å². The van der Waals surface area contributed by atoms with E-state index in [-0.39, 0.29) is 5.56 Å². The third kappa shape index (κ3) is 2.38. The van der Waals surface area contributed by atoms with E-state index in [0.29, 0.717) is 10.7 Å². The molecule has 94 valence electrons. The molecular weight excluding hydrogens is 252 g/mol. The molecule has 1 aromatic heterocycles. The predicted molar refractivity (Wildman–Crippen MR) is 69.5 cm³/mol. The average Bonchev–Trinajstić information content (AvgIpc) is 2.77. The molecule has 0 aliphatic carbocycles. The monoisotopic (exact) mass is 264 g/mol. The van der Waals surface area contributed by atoms with Gasteiger partial charge in [0.1, 0.15) is 5.82 Å². The fourth-order valence-electron chi connectivity index (χ4n) is 1.85. The number of nitrogens with zero attached hydrogens (tertiary/aromatic N) is 2. The Kier molecular flexibility index (Phi) is 3.67. The predicted octanol–water partition coefficient (Wildman–Crippen LogP) is 3.18. The van der Waals surface area contributed by atoms with E-state index in [1.54, 1.807) is 29.1 Å². The Morgan fingerprint density at radius 2 is 2.28 bits per heavy atom. The lowest BCUT2D eigenvalue weighted by atomic mass is 10.1. The fraction of sp³-hybridized carbons (Fsp3) is 0.231. The summed E-state index contributed by atoms with van der Waals surface area (Å²) in [5, 5.41) is 9.71. The van der Waals surface area contributed by atoms with Gasteiger partial charge in [0.25, 0.3) is 0 Å². The van der Waals surface area contributed by atoms with Crippen LogP contribution in [0.15, 0.2) is 30.6 Å². The van der Waals surface area contributed by atoms with Crippen LogP contribution >= 0.6 is 11.6 Å². The van der Waals surface area contributed by atoms with Crippen LogP contribution in [0.2, 0.25) is 5.02 Å². The summed E-state index contributed by atoms with van der Waals surface area (Å²) in [6.45, 7) is 2.05. The zero-order chi connectivity index (χ0) is 13.1. The molecule has 0 aliphatic rings. The van der Waals surface area contributed by atoms with E-state index < -0.39 is 5.97 Å². The topological polar surface area (TPSA) is 55.1 Å². The number of hydrogen-bond acceptors (Lipinski definition) is 2. The number of carbonyl (C=O) groups is 1. The molecule has 0 atom stereocenters. The Hall–Kier alpha value is -1.81. The molecule has 0 spiro atoms. The first-order valence-corrected chi connectivity index (χ1v) is 6.06. The summed E-state index contributed by atoms with van der Waals surface area (Å²) in [5.41, 5.74) is 0.769. The standard InChI is InChI=1S/C13H13ClN2O2/c1-2-3-12-15-6-7-16(12)11-8-9(14)4-5-10(11)13(17)18/h4-8H,2-3H2,1H3,(H,17,18). The number of aromatic carboxylic acids is 1. The van der Waals surface area contributed by atoms with Crippen LogP contribution in [-0.2, 0) is 6.42 Å². The van der Waals surface area contributed by atoms with E-state index >= 15 is 0 Å². The number of carboxylic acids is 1. The molecule has 0 fully saturated rings. The van der Waals surface area contributed by atoms with Gasteiger partial charge in [-0.3, -0.25) is 0 Å². The van der Waals surface area contributed by atoms with Gasteiger partial charge in [-0.25, -0.2) is 9.78 Å². The SMILES string of the molecule is CCCc1nccn1-c1cc(Cl)ccc1C(=O)O. The highest BCUT2D eigenvalue weighted by Gasteiger charge is 2.14. The first-order chi connectivity index (χ1) is 8.63. The molecule has 0 radical (unpaired) electrons. The maximum Gasteiger partial charge on any atom is 0.337 e. The second-order valence-corrected chi connectivity index (χ2v) is 4.37. The molecule has 2 aromatic rings. The average molecular weight is 265 g/mol. The summed E-state index contributed by atoms with van der Waals surface area (Å²) in [7, 11) is 0. The third-order valence-corrected chi connectivity index (χ3v) is 2.88. The highest BCUT2D eigenvalue weighted by molar-refractivity contribution is 6.30. The second kappa shape index (κ2) is 5.23. The Labute approximate surface area is 110 Å². The summed E-state index contributed by atoms with van der Waals surface area (Å²) in [4.78, 5) is 15.5. The van der Waals surface area contributed by atoms with E-state index in [1.165, 1.54) is 6.07 Å². The van der Waals surface area contributed by atoms with E-state index in [2.05, 4.69) is 11.9 Å². The summed E-state index contributed by atoms with van der Waals surface area (Å²) in [6, 6.07) is 4.73. The first kappa shape index (κ1) is 12.6. The van der Waals surface area contributed by atoms with E-state index in [1.807, 2.05) is 0 Å². The van der Waals surface area contributed by atoms with Crippen LogP contribution < -0.4 is 0 Å². The molecule has 0 aliphatic heterocycles. The highest BCUT2D eigenvalue weighted by Crippen LogP contribution is 2.22. The summed E-state index contributed by atoms with van der Waals surface area (Å²) < 4.78 is 1.78. The highest BCUT2D eigenvalue weighted by atomic mass is 35.5. The molecule has 5 heteroatoms. The van der Waals surface area contributed by atoms with Gasteiger partial charge in [-0.15, -0.1) is 0 Å². The smallest absolute Gasteiger partial charge is 0.337 e. The number of hydrogen-bond donors (Lipinski definition) is 1. The van der Waals surface area contributed by atoms with Gasteiger partial charge < -0.3 is 9.67 Å². The van der Waals surface area contributed by atoms with Crippen molar-refractivity contribution in [3.05, 3.63) is 47.0 Å². The Bertz CT molecular complexity index is 578. The van der Waals surface area contributed by atoms with Gasteiger partial charge in [-0.1, -0.05) is 18.5 Å². The molecule has 1 heterocycles. The molecule has 0 saturated heterocycles. The maximum atomic E-state index is 11.2. The van der Waals surface area contributed by atoms with Crippen LogP contribution in [0.5, 0.6) is 0 Å². The third-order valence-electron chi connectivity index (χ3n) is 2.64. The largest absolute Gasteiger partial charge is 0.478 e. The van der Waals surface area contributed by atoms with Crippen molar-refractivity contribution >= 4 is 17.6 Å². The first-order valence-electron chi connectivity index (χ1n) is 5.69. The van der Waals surface area contributed by atoms with Crippen molar-refractivity contribution in [2.75, 3.05) is 0 Å². The molecule has 0 saturated carbocycles. The summed E-state index contributed by atoms with van der Waals surface area (Å²) in [6.07, 6.45) is 5.15. The molecule has 4 nitrogen and oxygen atoms in total. The summed E-state index contributed by atoms with van der Waals surface area (Å²) >= 11 is 5.94. The number of halogens is 1. The zero-order valence-electron chi connectivity index (χ0n) is 9.93. The van der Waals surface area contributed by atoms with Crippen molar-refractivity contribution in [3.8, 4) is 5.69 Å². The molecule has 0 bridgehead atoms. The van der Waals surface area contributed by atoms with Gasteiger partial charge in [-0.2, -0.15) is 0 Å². The van der Waals surface area contributed by atoms with Crippen LogP contribution in [-0.4, -0.2) is 20.6 Å². The van der Waals surface area contributed by atoms with E-state index in [9.17, 15) is 9.90 Å². The zero-order valence-corrected chi connectivity index (χ0v) is 10.7. The number of imidazole rings is 1. The molecule has 1 N–H and O–H groups in total. The van der Waals surface area contributed by atoms with Crippen molar-refractivity contribution < 1.29 is 9.90 Å². The fourth-order valence-corrected chi connectivity index (χ4v) is 2.01. The minimum absolute atomic E-state index is 0.217. The molecule has 0 unspecified atom stereocenters. The van der Waals surface area contributed by atoms with Crippen molar-refractivity contribution in [3.63, 3.8) is 0 Å². The van der Waals surface area contributed by atoms with Gasteiger partial charge in [0.15, 0.2) is 0 Å². The molecule has 1 aromatic carbocycles. The van der Waals surface area contributed by atoms with Gasteiger partial charge in [0.2, 0.25) is 0 Å². The Morgan fingerprint density at radius 1 is 1.50 bits per heavy atom. The molecular formula is C13H13ClN2O2. The minimum atomic E-state index is -0.974. The lowest BCUT2D eigenvalue weighted by molar-refractivity contribution is 0.0697. The number of rotatable bonds is 4. The lowest BCUT2D eigenvalue weighted by Gasteiger charge is -2.10. The lowest BCUT2D eigenvalue weighted by Crippen LogP contribution is -2.07. The van der Waals surface area contributed by atoms with Crippen LogP contribution in [0.1, 0.15) is 29.5 Å². The number of aromatic nitrogens is 2. The number of aryl methyl sites for hydroxylation is 1. The minimum Gasteiger partial charge on any atom is -0.478 e.